The number of aromatic nitrogens is 2. The second-order valence-corrected chi connectivity index (χ2v) is 6.79. The van der Waals surface area contributed by atoms with Crippen molar-refractivity contribution in [2.24, 2.45) is 13.0 Å². The maximum absolute atomic E-state index is 12.4. The Labute approximate surface area is 148 Å². The first kappa shape index (κ1) is 17.3. The molecular weight excluding hydrogens is 316 g/mol. The van der Waals surface area contributed by atoms with E-state index in [-0.39, 0.29) is 6.03 Å². The van der Waals surface area contributed by atoms with Crippen LogP contribution in [-0.2, 0) is 20.0 Å². The molecule has 1 aliphatic rings. The number of hydrogen-bond donors (Lipinski definition) is 1. The summed E-state index contributed by atoms with van der Waals surface area (Å²) in [5, 5.41) is 7.23. The van der Waals surface area contributed by atoms with Crippen LogP contribution in [0.5, 0.6) is 5.75 Å². The molecule has 0 radical (unpaired) electrons. The molecule has 2 aromatic rings. The summed E-state index contributed by atoms with van der Waals surface area (Å²) < 4.78 is 7.09. The number of benzene rings is 1. The molecule has 0 aliphatic carbocycles. The SMILES string of the molecule is COc1ccc(CNC(=O)N2CC[C@H](Cc3cnn(C)c3)C2)cc1C. The summed E-state index contributed by atoms with van der Waals surface area (Å²) in [7, 11) is 3.60. The van der Waals surface area contributed by atoms with Crippen molar-refractivity contribution >= 4 is 6.03 Å². The summed E-state index contributed by atoms with van der Waals surface area (Å²) in [6, 6.07) is 5.99. The standard InChI is InChI=1S/C19H26N4O2/c1-14-8-15(4-5-18(14)25-3)10-20-19(24)23-7-6-16(13-23)9-17-11-21-22(2)12-17/h4-5,8,11-12,16H,6-7,9-10,13H2,1-3H3,(H,20,24)/t16-/m1/s1. The number of hydrogen-bond acceptors (Lipinski definition) is 3. The molecule has 2 amide bonds. The smallest absolute Gasteiger partial charge is 0.317 e. The third-order valence-electron chi connectivity index (χ3n) is 4.76. The Kier molecular flexibility index (Phi) is 5.26. The lowest BCUT2D eigenvalue weighted by atomic mass is 10.0. The van der Waals surface area contributed by atoms with Crippen LogP contribution in [0.2, 0.25) is 0 Å². The van der Waals surface area contributed by atoms with Gasteiger partial charge in [-0.25, -0.2) is 4.79 Å². The predicted molar refractivity (Wildman–Crippen MR) is 96.6 cm³/mol. The third kappa shape index (κ3) is 4.32. The summed E-state index contributed by atoms with van der Waals surface area (Å²) in [6.45, 7) is 4.17. The number of carbonyl (C=O) groups is 1. The van der Waals surface area contributed by atoms with Crippen LogP contribution in [0.1, 0.15) is 23.1 Å². The number of amides is 2. The minimum absolute atomic E-state index is 0.0159. The minimum atomic E-state index is 0.0159. The van der Waals surface area contributed by atoms with E-state index in [1.54, 1.807) is 7.11 Å². The molecule has 0 bridgehead atoms. The lowest BCUT2D eigenvalue weighted by Crippen LogP contribution is -2.38. The number of ether oxygens (including phenoxy) is 1. The van der Waals surface area contributed by atoms with E-state index in [1.165, 1.54) is 5.56 Å². The normalized spacial score (nSPS) is 16.9. The molecule has 3 rings (SSSR count). The first-order chi connectivity index (χ1) is 12.0. The van der Waals surface area contributed by atoms with Crippen LogP contribution < -0.4 is 10.1 Å². The van der Waals surface area contributed by atoms with E-state index in [0.29, 0.717) is 12.5 Å². The second kappa shape index (κ2) is 7.59. The predicted octanol–water partition coefficient (Wildman–Crippen LogP) is 2.51. The van der Waals surface area contributed by atoms with E-state index in [0.717, 1.165) is 42.8 Å². The Morgan fingerprint density at radius 2 is 2.24 bits per heavy atom. The van der Waals surface area contributed by atoms with Gasteiger partial charge >= 0.3 is 6.03 Å². The average molecular weight is 342 g/mol. The first-order valence-corrected chi connectivity index (χ1v) is 8.69. The zero-order chi connectivity index (χ0) is 17.8. The second-order valence-electron chi connectivity index (χ2n) is 6.79. The van der Waals surface area contributed by atoms with E-state index >= 15 is 0 Å². The molecule has 1 aromatic carbocycles. The van der Waals surface area contributed by atoms with Crippen LogP contribution in [0.25, 0.3) is 0 Å². The van der Waals surface area contributed by atoms with Crippen LogP contribution >= 0.6 is 0 Å². The number of nitrogens with zero attached hydrogens (tertiary/aromatic N) is 3. The van der Waals surface area contributed by atoms with Crippen molar-refractivity contribution in [3.8, 4) is 5.75 Å². The Morgan fingerprint density at radius 3 is 2.92 bits per heavy atom. The van der Waals surface area contributed by atoms with Gasteiger partial charge in [0.2, 0.25) is 0 Å². The number of urea groups is 1. The number of methoxy groups -OCH3 is 1. The van der Waals surface area contributed by atoms with E-state index in [2.05, 4.69) is 16.6 Å². The van der Waals surface area contributed by atoms with Gasteiger partial charge in [0.1, 0.15) is 5.75 Å². The largest absolute Gasteiger partial charge is 0.496 e. The van der Waals surface area contributed by atoms with Crippen molar-refractivity contribution in [2.75, 3.05) is 20.2 Å². The van der Waals surface area contributed by atoms with Gasteiger partial charge in [-0.05, 0) is 48.4 Å². The fourth-order valence-corrected chi connectivity index (χ4v) is 3.43. The highest BCUT2D eigenvalue weighted by Gasteiger charge is 2.26. The van der Waals surface area contributed by atoms with Crippen molar-refractivity contribution < 1.29 is 9.53 Å². The van der Waals surface area contributed by atoms with E-state index in [1.807, 2.05) is 47.9 Å². The summed E-state index contributed by atoms with van der Waals surface area (Å²) in [4.78, 5) is 14.3. The zero-order valence-electron chi connectivity index (χ0n) is 15.2. The average Bonchev–Trinajstić information content (AvgIpc) is 3.22. The van der Waals surface area contributed by atoms with E-state index in [9.17, 15) is 4.79 Å². The van der Waals surface area contributed by atoms with Crippen molar-refractivity contribution in [1.82, 2.24) is 20.0 Å². The summed E-state index contributed by atoms with van der Waals surface area (Å²) >= 11 is 0. The molecule has 0 spiro atoms. The Bertz CT molecular complexity index is 741. The van der Waals surface area contributed by atoms with Crippen molar-refractivity contribution in [2.45, 2.75) is 26.3 Å². The third-order valence-corrected chi connectivity index (χ3v) is 4.76. The van der Waals surface area contributed by atoms with Crippen LogP contribution in [0, 0.1) is 12.8 Å². The first-order valence-electron chi connectivity index (χ1n) is 8.69. The summed E-state index contributed by atoms with van der Waals surface area (Å²) in [5.74, 6) is 1.38. The van der Waals surface area contributed by atoms with Gasteiger partial charge in [-0.1, -0.05) is 12.1 Å². The topological polar surface area (TPSA) is 59.4 Å². The van der Waals surface area contributed by atoms with Crippen molar-refractivity contribution in [1.29, 1.82) is 0 Å². The van der Waals surface area contributed by atoms with Crippen LogP contribution in [0.3, 0.4) is 0 Å². The van der Waals surface area contributed by atoms with Gasteiger partial charge in [0.05, 0.1) is 13.3 Å². The van der Waals surface area contributed by atoms with Gasteiger partial charge in [-0.2, -0.15) is 5.10 Å². The van der Waals surface area contributed by atoms with E-state index < -0.39 is 0 Å². The molecule has 0 saturated carbocycles. The Hall–Kier alpha value is -2.50. The van der Waals surface area contributed by atoms with E-state index in [4.69, 9.17) is 4.74 Å². The number of rotatable bonds is 5. The number of likely N-dealkylation sites (tertiary alicyclic amines) is 1. The summed E-state index contributed by atoms with van der Waals surface area (Å²) in [6.07, 6.45) is 5.99. The number of nitrogens with one attached hydrogen (secondary N) is 1. The molecule has 6 nitrogen and oxygen atoms in total. The van der Waals surface area contributed by atoms with Gasteiger partial charge in [-0.3, -0.25) is 4.68 Å². The molecule has 1 saturated heterocycles. The van der Waals surface area contributed by atoms with Gasteiger partial charge < -0.3 is 15.0 Å². The van der Waals surface area contributed by atoms with Gasteiger partial charge in [0.15, 0.2) is 0 Å². The maximum atomic E-state index is 12.4. The lowest BCUT2D eigenvalue weighted by molar-refractivity contribution is 0.206. The molecule has 1 atom stereocenters. The van der Waals surface area contributed by atoms with Crippen molar-refractivity contribution in [3.05, 3.63) is 47.3 Å². The number of carbonyl (C=O) groups excluding carboxylic acids is 1. The quantitative estimate of drug-likeness (QED) is 0.908. The fraction of sp³-hybridized carbons (Fsp3) is 0.474. The van der Waals surface area contributed by atoms with Gasteiger partial charge in [0.25, 0.3) is 0 Å². The molecule has 1 N–H and O–H groups in total. The molecule has 25 heavy (non-hydrogen) atoms. The molecule has 1 aromatic heterocycles. The minimum Gasteiger partial charge on any atom is -0.496 e. The highest BCUT2D eigenvalue weighted by atomic mass is 16.5. The molecule has 1 fully saturated rings. The highest BCUT2D eigenvalue weighted by Crippen LogP contribution is 2.21. The molecule has 134 valence electrons. The molecule has 6 heteroatoms. The van der Waals surface area contributed by atoms with Crippen molar-refractivity contribution in [3.63, 3.8) is 0 Å². The van der Waals surface area contributed by atoms with Crippen LogP contribution in [0.15, 0.2) is 30.6 Å². The maximum Gasteiger partial charge on any atom is 0.317 e. The van der Waals surface area contributed by atoms with Crippen LogP contribution in [-0.4, -0.2) is 40.9 Å². The van der Waals surface area contributed by atoms with Gasteiger partial charge in [0, 0.05) is 32.9 Å². The Balaban J connectivity index is 1.48. The molecule has 1 aliphatic heterocycles. The highest BCUT2D eigenvalue weighted by molar-refractivity contribution is 5.74. The zero-order valence-corrected chi connectivity index (χ0v) is 15.2. The fourth-order valence-electron chi connectivity index (χ4n) is 3.43. The molecular formula is C19H26N4O2. The lowest BCUT2D eigenvalue weighted by Gasteiger charge is -2.17. The monoisotopic (exact) mass is 342 g/mol. The molecule has 0 unspecified atom stereocenters. The van der Waals surface area contributed by atoms with Crippen LogP contribution in [0.4, 0.5) is 4.79 Å². The van der Waals surface area contributed by atoms with Gasteiger partial charge in [-0.15, -0.1) is 0 Å². The Morgan fingerprint density at radius 1 is 1.40 bits per heavy atom. The molecule has 2 heterocycles. The number of aryl methyl sites for hydroxylation is 2. The summed E-state index contributed by atoms with van der Waals surface area (Å²) in [5.41, 5.74) is 3.40.